The van der Waals surface area contributed by atoms with Crippen molar-refractivity contribution in [1.82, 2.24) is 6.15 Å². The minimum absolute atomic E-state index is 0. The fourth-order valence-corrected chi connectivity index (χ4v) is 0.961. The molecule has 4 N–H and O–H groups in total. The van der Waals surface area contributed by atoms with Crippen molar-refractivity contribution < 1.29 is 19.9 Å². The molecule has 1 aromatic rings. The van der Waals surface area contributed by atoms with Crippen LogP contribution in [0, 0.1) is 30.3 Å². The molecule has 0 bridgehead atoms. The molecule has 0 fully saturated rings. The summed E-state index contributed by atoms with van der Waals surface area (Å²) in [7, 11) is 0. The summed E-state index contributed by atoms with van der Waals surface area (Å²) in [5, 5.41) is 42.1. The molecule has 0 aromatic heterocycles. The van der Waals surface area contributed by atoms with Gasteiger partial charge in [-0.1, -0.05) is 0 Å². The van der Waals surface area contributed by atoms with Crippen LogP contribution < -0.4 is 11.3 Å². The van der Waals surface area contributed by atoms with Gasteiger partial charge in [0, 0.05) is 51.4 Å². The number of nitrogens with zero attached hydrogens (tertiary/aromatic N) is 3. The average Bonchev–Trinajstić information content (AvgIpc) is 2.16. The molecule has 11 nitrogen and oxygen atoms in total. The average molecular weight is 285 g/mol. The molecule has 1 radical (unpaired) electrons. The summed E-state index contributed by atoms with van der Waals surface area (Å²) >= 11 is 0. The minimum atomic E-state index is -1.46. The largest absolute Gasteiger partial charge is 0.863 e. The van der Waals surface area contributed by atoms with E-state index in [1.807, 2.05) is 0 Å². The van der Waals surface area contributed by atoms with E-state index in [1.54, 1.807) is 0 Å². The van der Waals surface area contributed by atoms with Crippen molar-refractivity contribution in [2.75, 3.05) is 0 Å². The Labute approximate surface area is 141 Å². The molecule has 12 heteroatoms. The van der Waals surface area contributed by atoms with Crippen LogP contribution in [-0.2, 0) is 0 Å². The minimum Gasteiger partial charge on any atom is -0.863 e. The number of benzene rings is 1. The number of rotatable bonds is 3. The quantitative estimate of drug-likeness (QED) is 0.474. The first-order chi connectivity index (χ1) is 7.34. The van der Waals surface area contributed by atoms with E-state index in [4.69, 9.17) is 0 Å². The van der Waals surface area contributed by atoms with Gasteiger partial charge in [-0.15, -0.1) is 0 Å². The standard InChI is InChI=1S/C6H3N3O7.K.H3N/c10-6-4(8(13)14)1-3(7(11)12)2-5(6)9(15)16;;/h1-2,10H;;1H3. The van der Waals surface area contributed by atoms with E-state index in [1.165, 1.54) is 0 Å². The van der Waals surface area contributed by atoms with Gasteiger partial charge in [0.05, 0.1) is 32.7 Å². The molecule has 1 rings (SSSR count). The van der Waals surface area contributed by atoms with Crippen molar-refractivity contribution in [2.24, 2.45) is 0 Å². The molecule has 0 atom stereocenters. The molecule has 0 heterocycles. The van der Waals surface area contributed by atoms with Gasteiger partial charge in [-0.3, -0.25) is 30.3 Å². The summed E-state index contributed by atoms with van der Waals surface area (Å²) < 4.78 is 0. The van der Waals surface area contributed by atoms with Gasteiger partial charge in [0.1, 0.15) is 0 Å². The fraction of sp³-hybridized carbons (Fsp3) is 0. The van der Waals surface area contributed by atoms with E-state index in [9.17, 15) is 35.4 Å². The van der Waals surface area contributed by atoms with Crippen LogP contribution in [0.25, 0.3) is 0 Å². The van der Waals surface area contributed by atoms with E-state index >= 15 is 0 Å². The third-order valence-electron chi connectivity index (χ3n) is 1.64. The predicted molar refractivity (Wildman–Crippen MR) is 57.6 cm³/mol. The van der Waals surface area contributed by atoms with Crippen molar-refractivity contribution in [3.8, 4) is 5.75 Å². The van der Waals surface area contributed by atoms with Gasteiger partial charge in [-0.25, -0.2) is 0 Å². The van der Waals surface area contributed by atoms with Gasteiger partial charge in [0.25, 0.3) is 17.1 Å². The Morgan fingerprint density at radius 2 is 1.17 bits per heavy atom. The molecule has 0 aliphatic rings. The van der Waals surface area contributed by atoms with Crippen LogP contribution in [0.3, 0.4) is 0 Å². The first kappa shape index (κ1) is 19.2. The van der Waals surface area contributed by atoms with Crippen LogP contribution in [0.4, 0.5) is 17.1 Å². The molecule has 18 heavy (non-hydrogen) atoms. The van der Waals surface area contributed by atoms with Crippen LogP contribution in [0.5, 0.6) is 5.75 Å². The molecule has 0 amide bonds. The second kappa shape index (κ2) is 7.29. The molecule has 0 unspecified atom stereocenters. The van der Waals surface area contributed by atoms with E-state index in [2.05, 4.69) is 0 Å². The molecule has 0 saturated carbocycles. The molecular weight excluding hydrogens is 279 g/mol. The van der Waals surface area contributed by atoms with Crippen LogP contribution in [-0.4, -0.2) is 66.2 Å². The number of non-ortho nitro benzene ring substituents is 1. The van der Waals surface area contributed by atoms with E-state index < -0.39 is 37.6 Å². The molecule has 0 aliphatic heterocycles. The van der Waals surface area contributed by atoms with Crippen LogP contribution in [0.1, 0.15) is 0 Å². The summed E-state index contributed by atoms with van der Waals surface area (Å²) in [5.41, 5.74) is -3.26. The van der Waals surface area contributed by atoms with Crippen LogP contribution in [0.15, 0.2) is 12.1 Å². The van der Waals surface area contributed by atoms with Crippen molar-refractivity contribution in [2.45, 2.75) is 0 Å². The van der Waals surface area contributed by atoms with Crippen molar-refractivity contribution >= 4 is 68.4 Å². The molecule has 0 aliphatic carbocycles. The smallest absolute Gasteiger partial charge is 0.283 e. The Bertz CT molecular complexity index is 470. The normalized spacial score (nSPS) is 8.67. The number of nitro groups is 3. The Morgan fingerprint density at radius 3 is 1.39 bits per heavy atom. The zero-order chi connectivity index (χ0) is 12.5. The zero-order valence-corrected chi connectivity index (χ0v) is 12.5. The second-order valence-electron chi connectivity index (χ2n) is 2.58. The summed E-state index contributed by atoms with van der Waals surface area (Å²) in [4.78, 5) is 27.5. The van der Waals surface area contributed by atoms with Crippen LogP contribution >= 0.6 is 0 Å². The van der Waals surface area contributed by atoms with E-state index in [0.717, 1.165) is 0 Å². The SMILES string of the molecule is O=[N+]([O-])c1cc([N+](=O)[O-])c([O-])c([N+](=O)[O-])c1.[K].[NH4+]. The van der Waals surface area contributed by atoms with Gasteiger partial charge in [-0.2, -0.15) is 0 Å². The summed E-state index contributed by atoms with van der Waals surface area (Å²) in [5.74, 6) is -1.46. The Kier molecular flexibility index (Phi) is 7.77. The Hall–Kier alpha value is -1.18. The number of hydrogen-bond acceptors (Lipinski definition) is 7. The first-order valence-corrected chi connectivity index (χ1v) is 3.63. The van der Waals surface area contributed by atoms with E-state index in [0.29, 0.717) is 12.1 Å². The maximum Gasteiger partial charge on any atom is 0.283 e. The van der Waals surface area contributed by atoms with Gasteiger partial charge < -0.3 is 11.3 Å². The first-order valence-electron chi connectivity index (χ1n) is 3.63. The molecule has 0 spiro atoms. The third kappa shape index (κ3) is 3.93. The van der Waals surface area contributed by atoms with Crippen molar-refractivity contribution in [1.29, 1.82) is 0 Å². The summed E-state index contributed by atoms with van der Waals surface area (Å²) in [6, 6.07) is 0.769. The maximum absolute atomic E-state index is 11.1. The van der Waals surface area contributed by atoms with Gasteiger partial charge >= 0.3 is 0 Å². The topological polar surface area (TPSA) is 189 Å². The summed E-state index contributed by atoms with van der Waals surface area (Å²) in [6.07, 6.45) is 0. The van der Waals surface area contributed by atoms with Crippen LogP contribution in [0.2, 0.25) is 0 Å². The van der Waals surface area contributed by atoms with E-state index in [-0.39, 0.29) is 57.5 Å². The number of quaternary nitrogens is 1. The van der Waals surface area contributed by atoms with Gasteiger partial charge in [0.2, 0.25) is 0 Å². The fourth-order valence-electron chi connectivity index (χ4n) is 0.961. The molecule has 93 valence electrons. The number of hydrogen-bond donors (Lipinski definition) is 1. The maximum atomic E-state index is 11.1. The molecule has 0 saturated heterocycles. The van der Waals surface area contributed by atoms with Gasteiger partial charge in [-0.05, 0) is 0 Å². The summed E-state index contributed by atoms with van der Waals surface area (Å²) in [6.45, 7) is 0. The third-order valence-corrected chi connectivity index (χ3v) is 1.64. The Balaban J connectivity index is 0. The monoisotopic (exact) mass is 285 g/mol. The van der Waals surface area contributed by atoms with Crippen molar-refractivity contribution in [3.05, 3.63) is 42.5 Å². The Morgan fingerprint density at radius 1 is 0.833 bits per heavy atom. The molecular formula is C6H6KN4O7. The molecule has 1 aromatic carbocycles. The second-order valence-corrected chi connectivity index (χ2v) is 2.58. The van der Waals surface area contributed by atoms with Crippen molar-refractivity contribution in [3.63, 3.8) is 0 Å². The number of nitro benzene ring substituents is 3. The van der Waals surface area contributed by atoms with Gasteiger partial charge in [0.15, 0.2) is 0 Å². The predicted octanol–water partition coefficient (Wildman–Crippen LogP) is 0.480. The zero-order valence-electron chi connectivity index (χ0n) is 9.35.